The average Bonchev–Trinajstić information content (AvgIpc) is 2.97. The lowest BCUT2D eigenvalue weighted by atomic mass is 10.0. The summed E-state index contributed by atoms with van der Waals surface area (Å²) in [6.07, 6.45) is 1.65. The Morgan fingerprint density at radius 1 is 1.43 bits per heavy atom. The molecule has 3 nitrogen and oxygen atoms in total. The number of nitrogens with zero attached hydrogens (tertiary/aromatic N) is 1. The van der Waals surface area contributed by atoms with Gasteiger partial charge in [-0.3, -0.25) is 0 Å². The summed E-state index contributed by atoms with van der Waals surface area (Å²) in [5.74, 6) is 0. The molecule has 3 aromatic rings. The van der Waals surface area contributed by atoms with Crippen molar-refractivity contribution in [3.05, 3.63) is 65.8 Å². The van der Waals surface area contributed by atoms with Crippen LogP contribution in [0.15, 0.2) is 59.1 Å². The molecule has 2 aromatic heterocycles. The van der Waals surface area contributed by atoms with Crippen molar-refractivity contribution in [3.8, 4) is 0 Å². The van der Waals surface area contributed by atoms with Crippen molar-refractivity contribution in [2.45, 2.75) is 13.8 Å². The predicted molar refractivity (Wildman–Crippen MR) is 87.0 cm³/mol. The van der Waals surface area contributed by atoms with Crippen LogP contribution in [-0.2, 0) is 0 Å². The summed E-state index contributed by atoms with van der Waals surface area (Å²) >= 11 is 0. The fraction of sp³-hybridized carbons (Fsp3) is 0.111. The Bertz CT molecular complexity index is 1090. The van der Waals surface area contributed by atoms with Crippen molar-refractivity contribution in [3.63, 3.8) is 0 Å². The third-order valence-electron chi connectivity index (χ3n) is 3.21. The summed E-state index contributed by atoms with van der Waals surface area (Å²) in [6, 6.07) is 5.82. The van der Waals surface area contributed by atoms with E-state index in [1.165, 1.54) is 0 Å². The predicted octanol–water partition coefficient (Wildman–Crippen LogP) is 4.79. The third kappa shape index (κ3) is 2.38. The fourth-order valence-corrected chi connectivity index (χ4v) is 2.22. The van der Waals surface area contributed by atoms with Gasteiger partial charge in [-0.2, -0.15) is 0 Å². The van der Waals surface area contributed by atoms with Crippen LogP contribution in [0.5, 0.6) is 0 Å². The Kier molecular flexibility index (Phi) is 2.05. The Morgan fingerprint density at radius 2 is 2.29 bits per heavy atom. The van der Waals surface area contributed by atoms with Gasteiger partial charge in [0.05, 0.1) is 13.8 Å². The second-order valence-electron chi connectivity index (χ2n) is 4.72. The van der Waals surface area contributed by atoms with E-state index >= 15 is 0 Å². The number of allylic oxidation sites excluding steroid dienone is 3. The molecule has 1 aromatic carbocycles. The van der Waals surface area contributed by atoms with Crippen LogP contribution in [0.1, 0.15) is 24.8 Å². The zero-order chi connectivity index (χ0) is 19.2. The van der Waals surface area contributed by atoms with Crippen molar-refractivity contribution in [1.29, 1.82) is 5.41 Å². The SMILES string of the molecule is [2H]/C(C(=C)C([2H])([2H])[2H])=C(\[2H])C(=N)c1ccc2c(c1)oc1nccc(C)c12. The molecule has 0 aliphatic carbocycles. The van der Waals surface area contributed by atoms with Gasteiger partial charge in [0, 0.05) is 21.3 Å². The molecule has 2 heterocycles. The summed E-state index contributed by atoms with van der Waals surface area (Å²) in [5, 5.41) is 9.90. The minimum Gasteiger partial charge on any atom is -0.438 e. The first kappa shape index (κ1) is 8.57. The standard InChI is InChI=1S/C18H16N2O/c1-11(2)4-7-15(19)13-5-6-14-16(10-13)21-18-17(14)12(3)8-9-20-18/h4-10,19H,1H2,2-3H3/b7-4-,19-15?/i2D3,4D,7D. The van der Waals surface area contributed by atoms with Gasteiger partial charge in [-0.15, -0.1) is 0 Å². The van der Waals surface area contributed by atoms with Gasteiger partial charge in [-0.25, -0.2) is 4.98 Å². The number of nitrogens with one attached hydrogen (secondary N) is 1. The van der Waals surface area contributed by atoms with Crippen molar-refractivity contribution in [1.82, 2.24) is 4.98 Å². The number of rotatable bonds is 3. The van der Waals surface area contributed by atoms with Crippen molar-refractivity contribution >= 4 is 27.8 Å². The summed E-state index contributed by atoms with van der Waals surface area (Å²) < 4.78 is 43.5. The van der Waals surface area contributed by atoms with E-state index in [4.69, 9.17) is 16.7 Å². The average molecular weight is 281 g/mol. The highest BCUT2D eigenvalue weighted by Gasteiger charge is 2.11. The number of furan rings is 1. The zero-order valence-corrected chi connectivity index (χ0v) is 11.4. The number of hydrogen-bond donors (Lipinski definition) is 1. The molecule has 0 saturated carbocycles. The normalized spacial score (nSPS) is 16.5. The molecule has 0 amide bonds. The molecule has 0 fully saturated rings. The Balaban J connectivity index is 2.08. The monoisotopic (exact) mass is 281 g/mol. The van der Waals surface area contributed by atoms with E-state index in [1.807, 2.05) is 13.0 Å². The molecule has 0 bridgehead atoms. The molecule has 0 unspecified atom stereocenters. The highest BCUT2D eigenvalue weighted by molar-refractivity contribution is 6.11. The Hall–Kier alpha value is -2.68. The highest BCUT2D eigenvalue weighted by atomic mass is 16.3. The van der Waals surface area contributed by atoms with Crippen molar-refractivity contribution < 1.29 is 11.3 Å². The first-order chi connectivity index (χ1) is 12.1. The summed E-state index contributed by atoms with van der Waals surface area (Å²) in [6.45, 7) is 2.74. The maximum atomic E-state index is 8.17. The van der Waals surface area contributed by atoms with Gasteiger partial charge >= 0.3 is 0 Å². The first-order valence-electron chi connectivity index (χ1n) is 8.85. The number of aryl methyl sites for hydroxylation is 1. The maximum absolute atomic E-state index is 8.17. The second kappa shape index (κ2) is 5.02. The van der Waals surface area contributed by atoms with Crippen LogP contribution in [0.4, 0.5) is 0 Å². The van der Waals surface area contributed by atoms with E-state index in [1.54, 1.807) is 24.4 Å². The van der Waals surface area contributed by atoms with E-state index in [9.17, 15) is 0 Å². The van der Waals surface area contributed by atoms with Gasteiger partial charge in [0.25, 0.3) is 0 Å². The lowest BCUT2D eigenvalue weighted by Crippen LogP contribution is -1.93. The first-order valence-corrected chi connectivity index (χ1v) is 6.35. The number of benzene rings is 1. The van der Waals surface area contributed by atoms with Gasteiger partial charge in [-0.05, 0) is 43.6 Å². The van der Waals surface area contributed by atoms with Gasteiger partial charge in [-0.1, -0.05) is 24.3 Å². The van der Waals surface area contributed by atoms with Crippen LogP contribution < -0.4 is 0 Å². The van der Waals surface area contributed by atoms with Crippen LogP contribution in [0.25, 0.3) is 22.1 Å². The van der Waals surface area contributed by atoms with E-state index in [0.717, 1.165) is 16.3 Å². The molecule has 3 rings (SSSR count). The van der Waals surface area contributed by atoms with Gasteiger partial charge in [0.2, 0.25) is 5.71 Å². The molecule has 3 heteroatoms. The second-order valence-corrected chi connectivity index (χ2v) is 4.72. The van der Waals surface area contributed by atoms with Crippen molar-refractivity contribution in [2.75, 3.05) is 0 Å². The van der Waals surface area contributed by atoms with E-state index in [-0.39, 0.29) is 5.71 Å². The number of fused-ring (bicyclic) bond motifs is 3. The van der Waals surface area contributed by atoms with Crippen molar-refractivity contribution in [2.24, 2.45) is 0 Å². The van der Waals surface area contributed by atoms with Crippen LogP contribution >= 0.6 is 0 Å². The minimum absolute atomic E-state index is 0.271. The van der Waals surface area contributed by atoms with E-state index in [2.05, 4.69) is 11.6 Å². The molecular formula is C18H16N2O. The summed E-state index contributed by atoms with van der Waals surface area (Å²) in [7, 11) is 0. The van der Waals surface area contributed by atoms with Gasteiger partial charge in [0.15, 0.2) is 0 Å². The number of aromatic nitrogens is 1. The smallest absolute Gasteiger partial charge is 0.227 e. The van der Waals surface area contributed by atoms with Crippen LogP contribution in [-0.4, -0.2) is 10.7 Å². The number of hydrogen-bond acceptors (Lipinski definition) is 3. The molecule has 0 atom stereocenters. The van der Waals surface area contributed by atoms with Crippen LogP contribution in [0.3, 0.4) is 0 Å². The quantitative estimate of drug-likeness (QED) is 0.554. The molecule has 0 aliphatic heterocycles. The summed E-state index contributed by atoms with van der Waals surface area (Å²) in [5.41, 5.74) is 1.63. The third-order valence-corrected chi connectivity index (χ3v) is 3.21. The van der Waals surface area contributed by atoms with Crippen LogP contribution in [0, 0.1) is 12.3 Å². The maximum Gasteiger partial charge on any atom is 0.227 e. The highest BCUT2D eigenvalue weighted by Crippen LogP contribution is 2.30. The van der Waals surface area contributed by atoms with Gasteiger partial charge < -0.3 is 9.83 Å². The Labute approximate surface area is 130 Å². The molecule has 21 heavy (non-hydrogen) atoms. The number of pyridine rings is 1. The van der Waals surface area contributed by atoms with E-state index < -0.39 is 24.5 Å². The summed E-state index contributed by atoms with van der Waals surface area (Å²) in [4.78, 5) is 4.20. The van der Waals surface area contributed by atoms with Gasteiger partial charge in [0.1, 0.15) is 5.58 Å². The van der Waals surface area contributed by atoms with Crippen LogP contribution in [0.2, 0.25) is 0 Å². The zero-order valence-electron chi connectivity index (χ0n) is 16.4. The lowest BCUT2D eigenvalue weighted by molar-refractivity contribution is 0.654. The fourth-order valence-electron chi connectivity index (χ4n) is 2.22. The largest absolute Gasteiger partial charge is 0.438 e. The Morgan fingerprint density at radius 3 is 3.10 bits per heavy atom. The molecule has 0 radical (unpaired) electrons. The lowest BCUT2D eigenvalue weighted by Gasteiger charge is -1.99. The molecule has 0 saturated heterocycles. The molecule has 0 spiro atoms. The minimum atomic E-state index is -2.57. The molecular weight excluding hydrogens is 260 g/mol. The molecule has 1 N–H and O–H groups in total. The van der Waals surface area contributed by atoms with E-state index in [0.29, 0.717) is 16.9 Å². The molecule has 0 aliphatic rings. The topological polar surface area (TPSA) is 49.9 Å². The molecule has 104 valence electrons.